The van der Waals surface area contributed by atoms with Crippen LogP contribution in [0.5, 0.6) is 0 Å². The lowest BCUT2D eigenvalue weighted by Gasteiger charge is -2.38. The molecule has 0 bridgehead atoms. The molecule has 8 nitrogen and oxygen atoms in total. The summed E-state index contributed by atoms with van der Waals surface area (Å²) >= 11 is 0. The molecule has 0 amide bonds. The Hall–Kier alpha value is -1.69. The molecule has 0 aromatic rings. The Bertz CT molecular complexity index is 1810. The maximum Gasteiger partial charge on any atom is 0.428 e. The number of alkyl halides is 32. The third-order valence-electron chi connectivity index (χ3n) is 10.8. The molecule has 0 aliphatic heterocycles. The molecule has 0 aromatic heterocycles. The number of rotatable bonds is 35. The molecule has 0 heterocycles. The highest BCUT2D eigenvalue weighted by Crippen LogP contribution is 2.48. The van der Waals surface area contributed by atoms with Gasteiger partial charge in [0.15, 0.2) is 9.04 Å². The van der Waals surface area contributed by atoms with Gasteiger partial charge < -0.3 is 27.2 Å². The van der Waals surface area contributed by atoms with Gasteiger partial charge in [-0.3, -0.25) is 9.15 Å². The summed E-state index contributed by atoms with van der Waals surface area (Å²) in [6, 6.07) is -2.35. The van der Waals surface area contributed by atoms with E-state index in [4.69, 9.17) is 17.4 Å². The summed E-state index contributed by atoms with van der Waals surface area (Å²) in [6.45, 7) is -10.8. The highest BCUT2D eigenvalue weighted by atomic mass is 28.5. The molecule has 80 heavy (non-hydrogen) atoms. The molecule has 0 saturated carbocycles. The van der Waals surface area contributed by atoms with E-state index in [0.717, 1.165) is 19.6 Å². The van der Waals surface area contributed by atoms with E-state index in [-0.39, 0.29) is 0 Å². The second kappa shape index (κ2) is 29.1. The predicted molar refractivity (Wildman–Crippen MR) is 218 cm³/mol. The maximum atomic E-state index is 14.6. The van der Waals surface area contributed by atoms with Crippen LogP contribution in [0.15, 0.2) is 0 Å². The molecule has 0 spiro atoms. The van der Waals surface area contributed by atoms with Gasteiger partial charge in [0.05, 0.1) is 26.4 Å². The van der Waals surface area contributed by atoms with Crippen molar-refractivity contribution < 1.29 is 177 Å². The van der Waals surface area contributed by atoms with Crippen LogP contribution < -0.4 is 0 Å². The lowest BCUT2D eigenvalue weighted by molar-refractivity contribution is -0.312. The Balaban J connectivity index is 6.88. The van der Waals surface area contributed by atoms with Crippen LogP contribution in [0.3, 0.4) is 0 Å². The fourth-order valence-electron chi connectivity index (χ4n) is 6.47. The van der Waals surface area contributed by atoms with Crippen LogP contribution in [-0.2, 0) is 36.3 Å². The molecule has 44 heteroatoms. The van der Waals surface area contributed by atoms with Crippen molar-refractivity contribution in [1.29, 1.82) is 0 Å². The number of halogens is 32. The van der Waals surface area contributed by atoms with Crippen molar-refractivity contribution in [3.63, 3.8) is 0 Å². The van der Waals surface area contributed by atoms with Gasteiger partial charge in [-0.05, 0) is 76.0 Å². The van der Waals surface area contributed by atoms with Gasteiger partial charge in [-0.2, -0.15) is 105 Å². The van der Waals surface area contributed by atoms with E-state index < -0.39 is 235 Å². The van der Waals surface area contributed by atoms with Crippen LogP contribution in [0, 0.1) is 0 Å². The summed E-state index contributed by atoms with van der Waals surface area (Å²) in [5, 5.41) is 0. The Morgan fingerprint density at radius 3 is 0.838 bits per heavy atom. The molecule has 0 saturated heterocycles. The van der Waals surface area contributed by atoms with E-state index in [9.17, 15) is 140 Å². The molecule has 482 valence electrons. The zero-order valence-corrected chi connectivity index (χ0v) is 45.4. The lowest BCUT2D eigenvalue weighted by Crippen LogP contribution is -2.57. The SMILES string of the molecule is C[SiH](CCCOCC(F)(C(F)C(F)(F)F)C(F)(F)F)OO[Si](C)(CCCOCC(F)(C(F)C(F)(F)F)C(F)(F)F)O[Si](C)(CCCOCC(F)(C(F)C(F)(F)F)C(F)(F)F)O[SiH](C)CCCOCC(F)(C(F)C(F)(F)F)C(F)(F)F. The van der Waals surface area contributed by atoms with E-state index >= 15 is 0 Å². The van der Waals surface area contributed by atoms with Crippen molar-refractivity contribution in [2.75, 3.05) is 52.9 Å². The van der Waals surface area contributed by atoms with Crippen molar-refractivity contribution in [1.82, 2.24) is 0 Å². The summed E-state index contributed by atoms with van der Waals surface area (Å²) < 4.78 is 466. The van der Waals surface area contributed by atoms with Crippen molar-refractivity contribution in [3.8, 4) is 0 Å². The first-order chi connectivity index (χ1) is 35.4. The second-order valence-corrected chi connectivity index (χ2v) is 30.1. The van der Waals surface area contributed by atoms with Crippen LogP contribution in [0.25, 0.3) is 0 Å². The van der Waals surface area contributed by atoms with Gasteiger partial charge in [-0.25, -0.2) is 35.1 Å². The quantitative estimate of drug-likeness (QED) is 0.0204. The zero-order chi connectivity index (χ0) is 63.4. The van der Waals surface area contributed by atoms with Gasteiger partial charge in [0.1, 0.15) is 0 Å². The normalized spacial score (nSPS) is 21.0. The minimum absolute atomic E-state index is 0.401. The maximum absolute atomic E-state index is 14.6. The van der Waals surface area contributed by atoms with Gasteiger partial charge >= 0.3 is 66.5 Å². The Morgan fingerprint density at radius 2 is 0.588 bits per heavy atom. The van der Waals surface area contributed by atoms with Crippen LogP contribution in [-0.4, -0.2) is 185 Å². The van der Waals surface area contributed by atoms with E-state index in [0.29, 0.717) is 0 Å². The van der Waals surface area contributed by atoms with Crippen LogP contribution in [0.2, 0.25) is 50.4 Å². The molecule has 0 N–H and O–H groups in total. The van der Waals surface area contributed by atoms with E-state index in [1.807, 2.05) is 0 Å². The average molecular weight is 1330 g/mol. The highest BCUT2D eigenvalue weighted by molar-refractivity contribution is 6.83. The molecule has 0 fully saturated rings. The summed E-state index contributed by atoms with van der Waals surface area (Å²) in [5.74, 6) is 0. The molecule has 12 atom stereocenters. The smallest absolute Gasteiger partial charge is 0.428 e. The van der Waals surface area contributed by atoms with E-state index in [2.05, 4.69) is 18.9 Å². The average Bonchev–Trinajstić information content (AvgIpc) is 3.26. The van der Waals surface area contributed by atoms with Gasteiger partial charge in [-0.15, -0.1) is 0 Å². The van der Waals surface area contributed by atoms with Gasteiger partial charge in [0.25, 0.3) is 22.7 Å². The molecular weight excluding hydrogens is 1280 g/mol. The largest absolute Gasteiger partial charge is 0.439 e. The fraction of sp³-hybridized carbons (Fsp3) is 1.00. The lowest BCUT2D eigenvalue weighted by atomic mass is 10.00. The van der Waals surface area contributed by atoms with Crippen LogP contribution in [0.1, 0.15) is 25.7 Å². The molecular formula is C36H50F32O8Si4. The number of ether oxygens (including phenoxy) is 4. The Kier molecular flexibility index (Phi) is 28.5. The predicted octanol–water partition coefficient (Wildman–Crippen LogP) is 14.1. The monoisotopic (exact) mass is 1330 g/mol. The molecule has 0 aliphatic carbocycles. The third kappa shape index (κ3) is 23.0. The topological polar surface area (TPSA) is 73.8 Å². The van der Waals surface area contributed by atoms with Gasteiger partial charge in [0.2, 0.25) is 33.7 Å². The summed E-state index contributed by atoms with van der Waals surface area (Å²) in [6.07, 6.45) is -75.3. The highest BCUT2D eigenvalue weighted by Gasteiger charge is 2.73. The second-order valence-electron chi connectivity index (χ2n) is 18.0. The first-order valence-electron chi connectivity index (χ1n) is 22.3. The molecule has 0 radical (unpaired) electrons. The summed E-state index contributed by atoms with van der Waals surface area (Å²) in [7, 11) is -15.2. The summed E-state index contributed by atoms with van der Waals surface area (Å²) in [5.41, 5.74) is -22.7. The van der Waals surface area contributed by atoms with E-state index in [1.165, 1.54) is 6.55 Å². The Labute approximate surface area is 437 Å². The molecule has 0 aliphatic rings. The van der Waals surface area contributed by atoms with Crippen molar-refractivity contribution in [2.24, 2.45) is 0 Å². The van der Waals surface area contributed by atoms with E-state index in [1.54, 1.807) is 0 Å². The first kappa shape index (κ1) is 78.3. The molecule has 12 unspecified atom stereocenters. The van der Waals surface area contributed by atoms with Crippen LogP contribution in [0.4, 0.5) is 140 Å². The van der Waals surface area contributed by atoms with Crippen LogP contribution >= 0.6 is 0 Å². The fourth-order valence-corrected chi connectivity index (χ4v) is 20.8. The summed E-state index contributed by atoms with van der Waals surface area (Å²) in [4.78, 5) is 0. The standard InChI is InChI=1S/C36H50F32O8Si4/c1-77(13-5-9-69-17-25(41,33(57,58)59)21(37)29(45,46)47)73-74-79(3,15-7-11-71-19-27(43,35(63,64)65)23(39)31(51,52)53)76-80(4,16-8-12-72-20-28(44,36(66,67)68)24(40)32(54,55)56)75-78(2)14-6-10-70-18-26(42,34(60,61)62)22(38)30(48,49)50/h21-24,77-78H,5-20H2,1-4H3. The van der Waals surface area contributed by atoms with Crippen molar-refractivity contribution in [3.05, 3.63) is 0 Å². The number of hydrogen-bond acceptors (Lipinski definition) is 8. The van der Waals surface area contributed by atoms with Gasteiger partial charge in [0, 0.05) is 26.4 Å². The Morgan fingerprint density at radius 1 is 0.350 bits per heavy atom. The third-order valence-corrected chi connectivity index (χ3v) is 23.9. The molecule has 0 rings (SSSR count). The minimum atomic E-state index is -6.58. The van der Waals surface area contributed by atoms with Crippen molar-refractivity contribution in [2.45, 2.75) is 173 Å². The number of hydrogen-bond donors (Lipinski definition) is 0. The van der Waals surface area contributed by atoms with Crippen molar-refractivity contribution >= 4 is 35.2 Å². The van der Waals surface area contributed by atoms with Gasteiger partial charge in [-0.1, -0.05) is 0 Å². The zero-order valence-electron chi connectivity index (χ0n) is 41.1. The first-order valence-corrected chi connectivity index (χ1v) is 32.3. The minimum Gasteiger partial charge on any atom is -0.439 e. The molecule has 0 aromatic carbocycles.